The highest BCUT2D eigenvalue weighted by molar-refractivity contribution is 6.37. The molecule has 188 valence electrons. The number of methoxy groups -OCH3 is 1. The minimum absolute atomic E-state index is 0.0322. The Morgan fingerprint density at radius 3 is 2.31 bits per heavy atom. The zero-order valence-corrected chi connectivity index (χ0v) is 22.3. The van der Waals surface area contributed by atoms with Crippen molar-refractivity contribution in [3.05, 3.63) is 57.6 Å². The highest BCUT2D eigenvalue weighted by Crippen LogP contribution is 2.40. The first-order valence-corrected chi connectivity index (χ1v) is 12.3. The van der Waals surface area contributed by atoms with Gasteiger partial charge in [0.05, 0.1) is 24.4 Å². The van der Waals surface area contributed by atoms with Crippen LogP contribution in [0.25, 0.3) is 11.1 Å². The fourth-order valence-electron chi connectivity index (χ4n) is 3.70. The molecule has 0 atom stereocenters. The minimum Gasteiger partial charge on any atom is -0.495 e. The molecule has 0 unspecified atom stereocenters. The summed E-state index contributed by atoms with van der Waals surface area (Å²) in [5.41, 5.74) is 1.96. The first-order valence-electron chi connectivity index (χ1n) is 11.1. The average molecular weight is 540 g/mol. The summed E-state index contributed by atoms with van der Waals surface area (Å²) in [7, 11) is 5.42. The Kier molecular flexibility index (Phi) is 9.69. The van der Waals surface area contributed by atoms with Crippen molar-refractivity contribution < 1.29 is 14.3 Å². The van der Waals surface area contributed by atoms with Gasteiger partial charge in [-0.05, 0) is 38.4 Å². The van der Waals surface area contributed by atoms with Crippen molar-refractivity contribution in [2.24, 2.45) is 0 Å². The van der Waals surface area contributed by atoms with Crippen LogP contribution in [0.3, 0.4) is 0 Å². The fourth-order valence-corrected chi connectivity index (χ4v) is 4.35. The highest BCUT2D eigenvalue weighted by atomic mass is 35.5. The van der Waals surface area contributed by atoms with E-state index in [1.807, 2.05) is 25.1 Å². The lowest BCUT2D eigenvalue weighted by molar-refractivity contribution is -0.135. The van der Waals surface area contributed by atoms with E-state index in [4.69, 9.17) is 39.5 Å². The fraction of sp³-hybridized carbons (Fsp3) is 0.360. The lowest BCUT2D eigenvalue weighted by atomic mass is 10.0. The Morgan fingerprint density at radius 1 is 1.00 bits per heavy atom. The van der Waals surface area contributed by atoms with Gasteiger partial charge in [0, 0.05) is 66.0 Å². The Bertz CT molecular complexity index is 1100. The lowest BCUT2D eigenvalue weighted by Crippen LogP contribution is -2.51. The Labute approximate surface area is 221 Å². The van der Waals surface area contributed by atoms with Crippen LogP contribution < -0.4 is 10.1 Å². The number of hydrogen-bond acceptors (Lipinski definition) is 5. The van der Waals surface area contributed by atoms with E-state index in [0.29, 0.717) is 70.4 Å². The van der Waals surface area contributed by atoms with Gasteiger partial charge in [0.15, 0.2) is 0 Å². The summed E-state index contributed by atoms with van der Waals surface area (Å²) in [6.07, 6.45) is 3.43. The summed E-state index contributed by atoms with van der Waals surface area (Å²) in [6, 6.07) is 8.62. The Morgan fingerprint density at radius 2 is 1.66 bits per heavy atom. The van der Waals surface area contributed by atoms with Gasteiger partial charge in [0.1, 0.15) is 5.75 Å². The van der Waals surface area contributed by atoms with Crippen molar-refractivity contribution in [2.45, 2.75) is 0 Å². The van der Waals surface area contributed by atoms with E-state index in [-0.39, 0.29) is 18.4 Å². The lowest BCUT2D eigenvalue weighted by Gasteiger charge is -2.34. The third-order valence-corrected chi connectivity index (χ3v) is 6.49. The molecule has 0 aromatic heterocycles. The number of nitrogens with zero attached hydrogens (tertiary/aromatic N) is 3. The van der Waals surface area contributed by atoms with Crippen LogP contribution in [0, 0.1) is 0 Å². The van der Waals surface area contributed by atoms with E-state index < -0.39 is 0 Å². The molecule has 0 saturated carbocycles. The van der Waals surface area contributed by atoms with Crippen LogP contribution in [0.2, 0.25) is 15.1 Å². The van der Waals surface area contributed by atoms with Crippen molar-refractivity contribution in [3.63, 3.8) is 0 Å². The zero-order chi connectivity index (χ0) is 25.5. The number of likely N-dealkylation sites (N-methyl/N-ethyl adjacent to an activating group) is 1. The summed E-state index contributed by atoms with van der Waals surface area (Å²) in [5, 5.41) is 4.65. The van der Waals surface area contributed by atoms with E-state index in [0.717, 1.165) is 0 Å². The van der Waals surface area contributed by atoms with Gasteiger partial charge < -0.3 is 24.8 Å². The Balaban J connectivity index is 1.63. The first-order chi connectivity index (χ1) is 16.7. The highest BCUT2D eigenvalue weighted by Gasteiger charge is 2.23. The molecule has 0 bridgehead atoms. The molecule has 2 amide bonds. The molecule has 1 N–H and O–H groups in total. The molecule has 35 heavy (non-hydrogen) atoms. The second-order valence-electron chi connectivity index (χ2n) is 8.38. The molecule has 1 fully saturated rings. The second kappa shape index (κ2) is 12.5. The maximum atomic E-state index is 12.9. The van der Waals surface area contributed by atoms with Gasteiger partial charge in [-0.1, -0.05) is 40.9 Å². The molecule has 1 saturated heterocycles. The standard InChI is InChI=1S/C25H29Cl3N4O3/c1-30(2)8-4-5-24(33)31-9-11-32(12-10-31)25(34)16-29-22-14-19(21(28)15-23(22)35-3)18-13-17(26)6-7-20(18)27/h4-7,13-15,29H,8-12,16H2,1-3H3/b5-4+. The van der Waals surface area contributed by atoms with Crippen molar-refractivity contribution in [1.82, 2.24) is 14.7 Å². The number of carbonyl (C=O) groups is 2. The van der Waals surface area contributed by atoms with Gasteiger partial charge in [0.25, 0.3) is 0 Å². The maximum absolute atomic E-state index is 12.9. The summed E-state index contributed by atoms with van der Waals surface area (Å²) in [5.74, 6) is 0.402. The number of piperazine rings is 1. The molecule has 1 aliphatic rings. The third kappa shape index (κ3) is 7.27. The van der Waals surface area contributed by atoms with E-state index in [1.165, 1.54) is 7.11 Å². The van der Waals surface area contributed by atoms with Crippen LogP contribution in [0.15, 0.2) is 42.5 Å². The van der Waals surface area contributed by atoms with Gasteiger partial charge in [-0.15, -0.1) is 0 Å². The monoisotopic (exact) mass is 538 g/mol. The van der Waals surface area contributed by atoms with Crippen LogP contribution in [0.1, 0.15) is 0 Å². The van der Waals surface area contributed by atoms with E-state index in [9.17, 15) is 9.59 Å². The molecule has 0 aliphatic carbocycles. The number of nitrogens with one attached hydrogen (secondary N) is 1. The van der Waals surface area contributed by atoms with Crippen molar-refractivity contribution in [1.29, 1.82) is 0 Å². The predicted octanol–water partition coefficient (Wildman–Crippen LogP) is 4.52. The van der Waals surface area contributed by atoms with Crippen LogP contribution in [0.4, 0.5) is 5.69 Å². The van der Waals surface area contributed by atoms with Gasteiger partial charge in [0.2, 0.25) is 11.8 Å². The molecular formula is C25H29Cl3N4O3. The molecular weight excluding hydrogens is 511 g/mol. The quantitative estimate of drug-likeness (QED) is 0.500. The van der Waals surface area contributed by atoms with Crippen molar-refractivity contribution >= 4 is 52.3 Å². The minimum atomic E-state index is -0.0698. The molecule has 1 heterocycles. The first kappa shape index (κ1) is 27.1. The van der Waals surface area contributed by atoms with Crippen LogP contribution in [-0.4, -0.2) is 87.0 Å². The Hall–Kier alpha value is -2.45. The third-order valence-electron chi connectivity index (χ3n) is 5.61. The number of halogens is 3. The summed E-state index contributed by atoms with van der Waals surface area (Å²) in [4.78, 5) is 30.7. The summed E-state index contributed by atoms with van der Waals surface area (Å²) >= 11 is 19.0. The van der Waals surface area contributed by atoms with Gasteiger partial charge in [-0.3, -0.25) is 9.59 Å². The van der Waals surface area contributed by atoms with Gasteiger partial charge >= 0.3 is 0 Å². The number of benzene rings is 2. The number of ether oxygens (including phenoxy) is 1. The van der Waals surface area contributed by atoms with E-state index in [2.05, 4.69) is 5.32 Å². The molecule has 1 aliphatic heterocycles. The molecule has 2 aromatic rings. The van der Waals surface area contributed by atoms with Crippen LogP contribution in [-0.2, 0) is 9.59 Å². The van der Waals surface area contributed by atoms with Crippen LogP contribution in [0.5, 0.6) is 5.75 Å². The number of amides is 2. The van der Waals surface area contributed by atoms with Gasteiger partial charge in [-0.25, -0.2) is 0 Å². The molecule has 0 spiro atoms. The van der Waals surface area contributed by atoms with Gasteiger partial charge in [-0.2, -0.15) is 0 Å². The topological polar surface area (TPSA) is 65.1 Å². The van der Waals surface area contributed by atoms with E-state index >= 15 is 0 Å². The molecule has 3 rings (SSSR count). The number of carbonyl (C=O) groups excluding carboxylic acids is 2. The summed E-state index contributed by atoms with van der Waals surface area (Å²) < 4.78 is 5.45. The zero-order valence-electron chi connectivity index (χ0n) is 20.0. The molecule has 7 nitrogen and oxygen atoms in total. The average Bonchev–Trinajstić information content (AvgIpc) is 2.84. The number of anilines is 1. The van der Waals surface area contributed by atoms with Crippen molar-refractivity contribution in [2.75, 3.05) is 65.8 Å². The van der Waals surface area contributed by atoms with Crippen LogP contribution >= 0.6 is 34.8 Å². The molecule has 2 aromatic carbocycles. The van der Waals surface area contributed by atoms with E-state index in [1.54, 1.807) is 46.2 Å². The molecule has 0 radical (unpaired) electrons. The van der Waals surface area contributed by atoms with Crippen molar-refractivity contribution in [3.8, 4) is 16.9 Å². The largest absolute Gasteiger partial charge is 0.495 e. The normalized spacial score (nSPS) is 14.0. The summed E-state index contributed by atoms with van der Waals surface area (Å²) in [6.45, 7) is 2.73. The molecule has 10 heteroatoms. The maximum Gasteiger partial charge on any atom is 0.246 e. The second-order valence-corrected chi connectivity index (χ2v) is 9.63. The number of rotatable bonds is 8. The smallest absolute Gasteiger partial charge is 0.246 e. The number of hydrogen-bond donors (Lipinski definition) is 1. The predicted molar refractivity (Wildman–Crippen MR) is 143 cm³/mol. The SMILES string of the molecule is COc1cc(Cl)c(-c2cc(Cl)ccc2Cl)cc1NCC(=O)N1CCN(C(=O)/C=C/CN(C)C)CC1.